The Morgan fingerprint density at radius 2 is 1.95 bits per heavy atom. The zero-order valence-corrected chi connectivity index (χ0v) is 11.2. The third kappa shape index (κ3) is 3.20. The Kier molecular flexibility index (Phi) is 4.44. The molecule has 2 aromatic rings. The number of ether oxygens (including phenoxy) is 2. The van der Waals surface area contributed by atoms with Gasteiger partial charge in [0.25, 0.3) is 0 Å². The van der Waals surface area contributed by atoms with Crippen LogP contribution in [-0.4, -0.2) is 30.0 Å². The Labute approximate surface area is 116 Å². The lowest BCUT2D eigenvalue weighted by atomic mass is 10.1. The maximum absolute atomic E-state index is 11.9. The minimum absolute atomic E-state index is 0.201. The lowest BCUT2D eigenvalue weighted by molar-refractivity contribution is 0.104. The average Bonchev–Trinajstić information content (AvgIpc) is 2.53. The first-order valence-corrected chi connectivity index (χ1v) is 5.95. The van der Waals surface area contributed by atoms with Crippen LogP contribution in [0, 0.1) is 0 Å². The topological polar surface area (TPSA) is 61.3 Å². The van der Waals surface area contributed by atoms with E-state index >= 15 is 0 Å². The molecule has 0 atom stereocenters. The summed E-state index contributed by atoms with van der Waals surface area (Å²) in [5, 5.41) is 0. The van der Waals surface area contributed by atoms with Crippen LogP contribution in [0.1, 0.15) is 16.1 Å². The molecule has 0 amide bonds. The van der Waals surface area contributed by atoms with Crippen molar-refractivity contribution in [1.29, 1.82) is 0 Å². The second-order valence-electron chi connectivity index (χ2n) is 3.90. The van der Waals surface area contributed by atoms with Gasteiger partial charge < -0.3 is 9.47 Å². The standard InChI is InChI=1S/C15H14N2O3/c1-19-14-6-4-11(9-15(14)20-2)3-5-13(18)12-10-16-7-8-17-12/h3-10H,1-2H3/b5-3+. The Bertz CT molecular complexity index is 624. The van der Waals surface area contributed by atoms with Gasteiger partial charge in [0, 0.05) is 12.4 Å². The van der Waals surface area contributed by atoms with Crippen LogP contribution in [0.4, 0.5) is 0 Å². The van der Waals surface area contributed by atoms with E-state index in [1.807, 2.05) is 6.07 Å². The molecule has 1 aromatic heterocycles. The zero-order chi connectivity index (χ0) is 14.4. The van der Waals surface area contributed by atoms with Crippen LogP contribution in [0.3, 0.4) is 0 Å². The first kappa shape index (κ1) is 13.7. The summed E-state index contributed by atoms with van der Waals surface area (Å²) in [5.41, 5.74) is 1.14. The third-order valence-electron chi connectivity index (χ3n) is 2.65. The van der Waals surface area contributed by atoms with Gasteiger partial charge in [-0.15, -0.1) is 0 Å². The molecule has 0 bridgehead atoms. The number of methoxy groups -OCH3 is 2. The summed E-state index contributed by atoms with van der Waals surface area (Å²) in [5.74, 6) is 1.05. The summed E-state index contributed by atoms with van der Waals surface area (Å²) in [6, 6.07) is 5.41. The van der Waals surface area contributed by atoms with Crippen LogP contribution >= 0.6 is 0 Å². The highest BCUT2D eigenvalue weighted by atomic mass is 16.5. The number of carbonyl (C=O) groups excluding carboxylic acids is 1. The molecule has 0 N–H and O–H groups in total. The number of aromatic nitrogens is 2. The van der Waals surface area contributed by atoms with Crippen molar-refractivity contribution in [3.8, 4) is 11.5 Å². The van der Waals surface area contributed by atoms with Gasteiger partial charge in [-0.25, -0.2) is 4.98 Å². The second kappa shape index (κ2) is 6.47. The van der Waals surface area contributed by atoms with E-state index < -0.39 is 0 Å². The fourth-order valence-corrected chi connectivity index (χ4v) is 1.64. The summed E-state index contributed by atoms with van der Waals surface area (Å²) >= 11 is 0. The van der Waals surface area contributed by atoms with E-state index in [1.54, 1.807) is 32.4 Å². The normalized spacial score (nSPS) is 10.5. The molecule has 0 spiro atoms. The summed E-state index contributed by atoms with van der Waals surface area (Å²) in [7, 11) is 3.14. The molecule has 1 aromatic carbocycles. The highest BCUT2D eigenvalue weighted by Gasteiger charge is 2.05. The maximum atomic E-state index is 11.9. The van der Waals surface area contributed by atoms with Gasteiger partial charge in [0.15, 0.2) is 11.5 Å². The molecule has 0 fully saturated rings. The van der Waals surface area contributed by atoms with Gasteiger partial charge in [-0.05, 0) is 23.8 Å². The highest BCUT2D eigenvalue weighted by Crippen LogP contribution is 2.27. The highest BCUT2D eigenvalue weighted by molar-refractivity contribution is 6.05. The number of carbonyl (C=O) groups is 1. The Hall–Kier alpha value is -2.69. The Balaban J connectivity index is 2.17. The van der Waals surface area contributed by atoms with E-state index in [0.717, 1.165) is 5.56 Å². The van der Waals surface area contributed by atoms with Gasteiger partial charge in [0.1, 0.15) is 5.69 Å². The first-order valence-electron chi connectivity index (χ1n) is 5.95. The van der Waals surface area contributed by atoms with Gasteiger partial charge in [-0.1, -0.05) is 12.1 Å². The number of nitrogens with zero attached hydrogens (tertiary/aromatic N) is 2. The lowest BCUT2D eigenvalue weighted by Gasteiger charge is -2.07. The molecule has 2 rings (SSSR count). The van der Waals surface area contributed by atoms with Crippen LogP contribution in [0.25, 0.3) is 6.08 Å². The van der Waals surface area contributed by atoms with Crippen LogP contribution < -0.4 is 9.47 Å². The SMILES string of the molecule is COc1ccc(/C=C/C(=O)c2cnccn2)cc1OC. The van der Waals surface area contributed by atoms with E-state index in [1.165, 1.54) is 24.7 Å². The summed E-state index contributed by atoms with van der Waals surface area (Å²) in [6.45, 7) is 0. The molecule has 1 heterocycles. The van der Waals surface area contributed by atoms with Crippen molar-refractivity contribution in [2.24, 2.45) is 0 Å². The van der Waals surface area contributed by atoms with Crippen molar-refractivity contribution in [1.82, 2.24) is 9.97 Å². The molecule has 0 aliphatic heterocycles. The van der Waals surface area contributed by atoms with Crippen molar-refractivity contribution in [3.05, 3.63) is 54.1 Å². The lowest BCUT2D eigenvalue weighted by Crippen LogP contribution is -1.98. The fourth-order valence-electron chi connectivity index (χ4n) is 1.64. The van der Waals surface area contributed by atoms with Crippen molar-refractivity contribution < 1.29 is 14.3 Å². The number of rotatable bonds is 5. The van der Waals surface area contributed by atoms with Gasteiger partial charge >= 0.3 is 0 Å². The summed E-state index contributed by atoms with van der Waals surface area (Å²) in [6.07, 6.45) is 7.58. The van der Waals surface area contributed by atoms with Crippen LogP contribution in [0.2, 0.25) is 0 Å². The van der Waals surface area contributed by atoms with E-state index in [9.17, 15) is 4.79 Å². The van der Waals surface area contributed by atoms with Gasteiger partial charge in [-0.2, -0.15) is 0 Å². The van der Waals surface area contributed by atoms with Gasteiger partial charge in [0.2, 0.25) is 5.78 Å². The molecule has 5 nitrogen and oxygen atoms in total. The van der Waals surface area contributed by atoms with Crippen molar-refractivity contribution in [3.63, 3.8) is 0 Å². The molecule has 0 saturated heterocycles. The zero-order valence-electron chi connectivity index (χ0n) is 11.2. The fraction of sp³-hybridized carbons (Fsp3) is 0.133. The Morgan fingerprint density at radius 1 is 1.15 bits per heavy atom. The molecule has 20 heavy (non-hydrogen) atoms. The van der Waals surface area contributed by atoms with E-state index in [-0.39, 0.29) is 5.78 Å². The van der Waals surface area contributed by atoms with Crippen LogP contribution in [0.15, 0.2) is 42.9 Å². The predicted octanol–water partition coefficient (Wildman–Crippen LogP) is 2.39. The maximum Gasteiger partial charge on any atom is 0.205 e. The molecular weight excluding hydrogens is 256 g/mol. The van der Waals surface area contributed by atoms with Crippen molar-refractivity contribution in [2.45, 2.75) is 0 Å². The number of hydrogen-bond acceptors (Lipinski definition) is 5. The minimum atomic E-state index is -0.201. The minimum Gasteiger partial charge on any atom is -0.493 e. The molecule has 0 radical (unpaired) electrons. The molecule has 5 heteroatoms. The molecule has 0 unspecified atom stereocenters. The summed E-state index contributed by atoms with van der Waals surface area (Å²) < 4.78 is 10.4. The monoisotopic (exact) mass is 270 g/mol. The van der Waals surface area contributed by atoms with E-state index in [4.69, 9.17) is 9.47 Å². The van der Waals surface area contributed by atoms with Crippen molar-refractivity contribution in [2.75, 3.05) is 14.2 Å². The molecular formula is C15H14N2O3. The van der Waals surface area contributed by atoms with Gasteiger partial charge in [0.05, 0.1) is 20.4 Å². The average molecular weight is 270 g/mol. The number of ketones is 1. The molecule has 102 valence electrons. The van der Waals surface area contributed by atoms with Crippen molar-refractivity contribution >= 4 is 11.9 Å². The largest absolute Gasteiger partial charge is 0.493 e. The van der Waals surface area contributed by atoms with E-state index in [0.29, 0.717) is 17.2 Å². The number of benzene rings is 1. The predicted molar refractivity (Wildman–Crippen MR) is 74.9 cm³/mol. The first-order chi connectivity index (χ1) is 9.74. The smallest absolute Gasteiger partial charge is 0.205 e. The van der Waals surface area contributed by atoms with Crippen LogP contribution in [0.5, 0.6) is 11.5 Å². The molecule has 0 aliphatic rings. The van der Waals surface area contributed by atoms with Crippen LogP contribution in [-0.2, 0) is 0 Å². The van der Waals surface area contributed by atoms with Gasteiger partial charge in [-0.3, -0.25) is 9.78 Å². The Morgan fingerprint density at radius 3 is 2.60 bits per heavy atom. The summed E-state index contributed by atoms with van der Waals surface area (Å²) in [4.78, 5) is 19.7. The quantitative estimate of drug-likeness (QED) is 0.616. The second-order valence-corrected chi connectivity index (χ2v) is 3.90. The number of allylic oxidation sites excluding steroid dienone is 1. The third-order valence-corrected chi connectivity index (χ3v) is 2.65. The molecule has 0 saturated carbocycles. The number of hydrogen-bond donors (Lipinski definition) is 0. The molecule has 0 aliphatic carbocycles. The van der Waals surface area contributed by atoms with E-state index in [2.05, 4.69) is 9.97 Å².